The Bertz CT molecular complexity index is 366. The van der Waals surface area contributed by atoms with Crippen LogP contribution in [0.25, 0.3) is 0 Å². The van der Waals surface area contributed by atoms with Crippen LogP contribution in [0.15, 0.2) is 24.3 Å². The monoisotopic (exact) mass is 275 g/mol. The second kappa shape index (κ2) is 8.43. The van der Waals surface area contributed by atoms with Crippen molar-refractivity contribution in [1.29, 1.82) is 0 Å². The number of likely N-dealkylation sites (N-methyl/N-ethyl adjacent to an activating group) is 1. The highest BCUT2D eigenvalue weighted by Gasteiger charge is 2.19. The summed E-state index contributed by atoms with van der Waals surface area (Å²) in [6, 6.07) is 8.80. The lowest BCUT2D eigenvalue weighted by Crippen LogP contribution is -2.26. The van der Waals surface area contributed by atoms with E-state index in [0.717, 1.165) is 13.1 Å². The zero-order chi connectivity index (χ0) is 14.2. The van der Waals surface area contributed by atoms with Crippen LogP contribution in [0.4, 0.5) is 0 Å². The van der Waals surface area contributed by atoms with Crippen LogP contribution in [0, 0.1) is 6.92 Å². The maximum Gasteiger partial charge on any atom is 0.0952 e. The molecule has 1 aromatic rings. The van der Waals surface area contributed by atoms with E-state index in [4.69, 9.17) is 4.74 Å². The quantitative estimate of drug-likeness (QED) is 0.778. The zero-order valence-electron chi connectivity index (χ0n) is 13.0. The van der Waals surface area contributed by atoms with Gasteiger partial charge in [0.15, 0.2) is 0 Å². The van der Waals surface area contributed by atoms with Crippen LogP contribution >= 0.6 is 0 Å². The van der Waals surface area contributed by atoms with Crippen LogP contribution in [0.2, 0.25) is 0 Å². The fraction of sp³-hybridized carbons (Fsp3) is 0.667. The molecule has 0 saturated heterocycles. The Labute approximate surface area is 123 Å². The first-order chi connectivity index (χ1) is 9.79. The normalized spacial score (nSPS) is 18.7. The van der Waals surface area contributed by atoms with Crippen LogP contribution in [-0.4, -0.2) is 19.2 Å². The molecular formula is C18H29NO. The molecule has 1 atom stereocenters. The minimum atomic E-state index is 0.193. The summed E-state index contributed by atoms with van der Waals surface area (Å²) in [6.07, 6.45) is 8.51. The molecule has 1 N–H and O–H groups in total. The van der Waals surface area contributed by atoms with Crippen molar-refractivity contribution in [2.75, 3.05) is 13.1 Å². The van der Waals surface area contributed by atoms with E-state index in [-0.39, 0.29) is 6.10 Å². The summed E-state index contributed by atoms with van der Waals surface area (Å²) < 4.78 is 6.44. The molecule has 112 valence electrons. The number of aryl methyl sites for hydroxylation is 1. The van der Waals surface area contributed by atoms with Crippen molar-refractivity contribution in [2.45, 2.75) is 64.6 Å². The summed E-state index contributed by atoms with van der Waals surface area (Å²) >= 11 is 0. The minimum Gasteiger partial charge on any atom is -0.369 e. The number of hydrogen-bond acceptors (Lipinski definition) is 2. The van der Waals surface area contributed by atoms with Crippen molar-refractivity contribution in [3.8, 4) is 0 Å². The first-order valence-corrected chi connectivity index (χ1v) is 8.22. The Kier molecular flexibility index (Phi) is 6.55. The molecule has 0 aromatic heterocycles. The van der Waals surface area contributed by atoms with E-state index in [9.17, 15) is 0 Å². The molecule has 0 spiro atoms. The Morgan fingerprint density at radius 2 is 1.75 bits per heavy atom. The van der Waals surface area contributed by atoms with E-state index in [1.165, 1.54) is 49.7 Å². The van der Waals surface area contributed by atoms with Gasteiger partial charge in [-0.25, -0.2) is 0 Å². The number of ether oxygens (including phenoxy) is 1. The SMILES string of the molecule is CCNCC(OC1CCCCCC1)c1ccc(C)cc1. The first-order valence-electron chi connectivity index (χ1n) is 8.22. The molecule has 0 radical (unpaired) electrons. The highest BCUT2D eigenvalue weighted by atomic mass is 16.5. The molecule has 1 aromatic carbocycles. The smallest absolute Gasteiger partial charge is 0.0952 e. The lowest BCUT2D eigenvalue weighted by atomic mass is 10.1. The lowest BCUT2D eigenvalue weighted by molar-refractivity contribution is -0.0199. The summed E-state index contributed by atoms with van der Waals surface area (Å²) in [6.45, 7) is 6.19. The third kappa shape index (κ3) is 4.92. The second-order valence-electron chi connectivity index (χ2n) is 5.96. The van der Waals surface area contributed by atoms with Gasteiger partial charge in [-0.3, -0.25) is 0 Å². The van der Waals surface area contributed by atoms with E-state index >= 15 is 0 Å². The lowest BCUT2D eigenvalue weighted by Gasteiger charge is -2.25. The van der Waals surface area contributed by atoms with Gasteiger partial charge in [0, 0.05) is 6.54 Å². The maximum absolute atomic E-state index is 6.44. The van der Waals surface area contributed by atoms with Crippen LogP contribution in [-0.2, 0) is 4.74 Å². The fourth-order valence-electron chi connectivity index (χ4n) is 2.91. The van der Waals surface area contributed by atoms with E-state index in [1.54, 1.807) is 0 Å². The standard InChI is InChI=1S/C18H29NO/c1-3-19-14-18(16-12-10-15(2)11-13-16)20-17-8-6-4-5-7-9-17/h10-13,17-19H,3-9,14H2,1-2H3. The minimum absolute atomic E-state index is 0.193. The maximum atomic E-state index is 6.44. The molecule has 2 heteroatoms. The van der Waals surface area contributed by atoms with Gasteiger partial charge in [-0.05, 0) is 31.9 Å². The Morgan fingerprint density at radius 1 is 1.10 bits per heavy atom. The predicted octanol–water partition coefficient (Wildman–Crippen LogP) is 4.39. The van der Waals surface area contributed by atoms with Gasteiger partial charge in [0.1, 0.15) is 0 Å². The molecule has 2 nitrogen and oxygen atoms in total. The summed E-state index contributed by atoms with van der Waals surface area (Å²) in [5.41, 5.74) is 2.62. The molecule has 0 aliphatic heterocycles. The largest absolute Gasteiger partial charge is 0.369 e. The summed E-state index contributed by atoms with van der Waals surface area (Å²) in [5.74, 6) is 0. The van der Waals surface area contributed by atoms with Gasteiger partial charge in [-0.1, -0.05) is 62.4 Å². The number of rotatable bonds is 6. The second-order valence-corrected chi connectivity index (χ2v) is 5.96. The molecule has 1 fully saturated rings. The number of hydrogen-bond donors (Lipinski definition) is 1. The van der Waals surface area contributed by atoms with Crippen molar-refractivity contribution in [2.24, 2.45) is 0 Å². The molecule has 1 aliphatic carbocycles. The van der Waals surface area contributed by atoms with Gasteiger partial charge in [0.05, 0.1) is 12.2 Å². The van der Waals surface area contributed by atoms with Gasteiger partial charge in [0.25, 0.3) is 0 Å². The summed E-state index contributed by atoms with van der Waals surface area (Å²) in [7, 11) is 0. The summed E-state index contributed by atoms with van der Waals surface area (Å²) in [5, 5.41) is 3.44. The van der Waals surface area contributed by atoms with Crippen molar-refractivity contribution in [3.05, 3.63) is 35.4 Å². The molecule has 20 heavy (non-hydrogen) atoms. The third-order valence-corrected chi connectivity index (χ3v) is 4.19. The van der Waals surface area contributed by atoms with Crippen LogP contribution in [0.3, 0.4) is 0 Å². The van der Waals surface area contributed by atoms with Crippen molar-refractivity contribution in [3.63, 3.8) is 0 Å². The van der Waals surface area contributed by atoms with Gasteiger partial charge < -0.3 is 10.1 Å². The molecule has 1 unspecified atom stereocenters. The third-order valence-electron chi connectivity index (χ3n) is 4.19. The average Bonchev–Trinajstić information content (AvgIpc) is 2.73. The molecule has 1 saturated carbocycles. The average molecular weight is 275 g/mol. The highest BCUT2D eigenvalue weighted by molar-refractivity contribution is 5.23. The van der Waals surface area contributed by atoms with Gasteiger partial charge in [-0.2, -0.15) is 0 Å². The molecular weight excluding hydrogens is 246 g/mol. The van der Waals surface area contributed by atoms with E-state index in [2.05, 4.69) is 43.4 Å². The first kappa shape index (κ1) is 15.5. The van der Waals surface area contributed by atoms with Crippen LogP contribution in [0.1, 0.15) is 62.7 Å². The van der Waals surface area contributed by atoms with Crippen LogP contribution in [0.5, 0.6) is 0 Å². The zero-order valence-corrected chi connectivity index (χ0v) is 13.0. The topological polar surface area (TPSA) is 21.3 Å². The Morgan fingerprint density at radius 3 is 2.35 bits per heavy atom. The Hall–Kier alpha value is -0.860. The van der Waals surface area contributed by atoms with Gasteiger partial charge >= 0.3 is 0 Å². The fourth-order valence-corrected chi connectivity index (χ4v) is 2.91. The van der Waals surface area contributed by atoms with Crippen molar-refractivity contribution < 1.29 is 4.74 Å². The molecule has 0 bridgehead atoms. The van der Waals surface area contributed by atoms with Crippen molar-refractivity contribution in [1.82, 2.24) is 5.32 Å². The molecule has 2 rings (SSSR count). The highest BCUT2D eigenvalue weighted by Crippen LogP contribution is 2.26. The number of benzene rings is 1. The van der Waals surface area contributed by atoms with Crippen LogP contribution < -0.4 is 5.32 Å². The van der Waals surface area contributed by atoms with E-state index in [1.807, 2.05) is 0 Å². The van der Waals surface area contributed by atoms with E-state index < -0.39 is 0 Å². The number of nitrogens with one attached hydrogen (secondary N) is 1. The van der Waals surface area contributed by atoms with E-state index in [0.29, 0.717) is 6.10 Å². The molecule has 0 heterocycles. The van der Waals surface area contributed by atoms with Gasteiger partial charge in [0.2, 0.25) is 0 Å². The van der Waals surface area contributed by atoms with Crippen molar-refractivity contribution >= 4 is 0 Å². The predicted molar refractivity (Wildman–Crippen MR) is 85.0 cm³/mol. The van der Waals surface area contributed by atoms with Gasteiger partial charge in [-0.15, -0.1) is 0 Å². The molecule has 1 aliphatic rings. The molecule has 0 amide bonds. The Balaban J connectivity index is 2.00. The summed E-state index contributed by atoms with van der Waals surface area (Å²) in [4.78, 5) is 0.